The number of carbonyl (C=O) groups is 2. The fraction of sp³-hybridized carbons (Fsp3) is 0.517. The van der Waals surface area contributed by atoms with Gasteiger partial charge in [0.05, 0.1) is 19.0 Å². The molecule has 0 aromatic heterocycles. The summed E-state index contributed by atoms with van der Waals surface area (Å²) in [7, 11) is -3.66. The van der Waals surface area contributed by atoms with E-state index < -0.39 is 28.0 Å². The van der Waals surface area contributed by atoms with Gasteiger partial charge in [0.1, 0.15) is 12.1 Å². The third kappa shape index (κ3) is 10.0. The number of sulfonamides is 1. The van der Waals surface area contributed by atoms with E-state index in [1.165, 1.54) is 4.90 Å². The summed E-state index contributed by atoms with van der Waals surface area (Å²) in [6, 6.07) is 13.2. The number of hydrogen-bond acceptors (Lipinski definition) is 6. The highest BCUT2D eigenvalue weighted by Crippen LogP contribution is 2.26. The number of amides is 2. The lowest BCUT2D eigenvalue weighted by molar-refractivity contribution is -0.140. The van der Waals surface area contributed by atoms with Crippen molar-refractivity contribution in [2.24, 2.45) is 5.92 Å². The molecule has 3 N–H and O–H groups in total. The van der Waals surface area contributed by atoms with Crippen LogP contribution in [0.1, 0.15) is 43.2 Å². The first-order valence-electron chi connectivity index (χ1n) is 13.9. The number of piperidine rings is 1. The maximum absolute atomic E-state index is 13.9. The molecule has 12 heteroatoms. The number of nitrogens with one attached hydrogen (secondary N) is 3. The maximum Gasteiger partial charge on any atom is 0.243 e. The highest BCUT2D eigenvalue weighted by molar-refractivity contribution is 9.10. The summed E-state index contributed by atoms with van der Waals surface area (Å²) in [4.78, 5) is 28.9. The number of likely N-dealkylation sites (tertiary alicyclic amines) is 1. The molecular formula is C29H38BrClN4O5S. The van der Waals surface area contributed by atoms with Gasteiger partial charge in [0.2, 0.25) is 21.8 Å². The molecule has 2 saturated heterocycles. The molecule has 0 aliphatic carbocycles. The van der Waals surface area contributed by atoms with Crippen molar-refractivity contribution >= 4 is 49.4 Å². The van der Waals surface area contributed by atoms with Crippen LogP contribution in [0.2, 0.25) is 5.02 Å². The minimum Gasteiger partial charge on any atom is -0.372 e. The average Bonchev–Trinajstić information content (AvgIpc) is 3.38. The van der Waals surface area contributed by atoms with E-state index in [-0.39, 0.29) is 18.6 Å². The number of nitrogens with zero attached hydrogens (tertiary/aromatic N) is 1. The Morgan fingerprint density at radius 2 is 1.88 bits per heavy atom. The number of benzene rings is 2. The number of halogens is 2. The van der Waals surface area contributed by atoms with E-state index in [4.69, 9.17) is 16.3 Å². The molecule has 2 heterocycles. The van der Waals surface area contributed by atoms with Crippen molar-refractivity contribution in [2.45, 2.75) is 63.4 Å². The van der Waals surface area contributed by atoms with Crippen molar-refractivity contribution in [3.05, 3.63) is 69.2 Å². The van der Waals surface area contributed by atoms with Crippen LogP contribution in [0.15, 0.2) is 53.0 Å². The van der Waals surface area contributed by atoms with E-state index in [1.807, 2.05) is 36.4 Å². The minimum absolute atomic E-state index is 0.191. The lowest BCUT2D eigenvalue weighted by Crippen LogP contribution is -2.53. The number of carbonyl (C=O) groups excluding carboxylic acids is 2. The Morgan fingerprint density at radius 3 is 2.56 bits per heavy atom. The van der Waals surface area contributed by atoms with Crippen molar-refractivity contribution in [3.8, 4) is 0 Å². The van der Waals surface area contributed by atoms with E-state index in [0.29, 0.717) is 36.9 Å². The third-order valence-corrected chi connectivity index (χ3v) is 9.04. The van der Waals surface area contributed by atoms with Gasteiger partial charge in [0.25, 0.3) is 0 Å². The smallest absolute Gasteiger partial charge is 0.243 e. The first-order valence-corrected chi connectivity index (χ1v) is 17.0. The fourth-order valence-electron chi connectivity index (χ4n) is 5.42. The zero-order valence-corrected chi connectivity index (χ0v) is 26.3. The molecule has 2 aromatic rings. The summed E-state index contributed by atoms with van der Waals surface area (Å²) >= 11 is 9.44. The molecule has 3 atom stereocenters. The predicted molar refractivity (Wildman–Crippen MR) is 163 cm³/mol. The Kier molecular flexibility index (Phi) is 11.6. The van der Waals surface area contributed by atoms with Crippen LogP contribution in [0.5, 0.6) is 0 Å². The van der Waals surface area contributed by atoms with Crippen LogP contribution in [-0.2, 0) is 37.5 Å². The van der Waals surface area contributed by atoms with E-state index in [0.717, 1.165) is 54.2 Å². The second-order valence-corrected chi connectivity index (χ2v) is 14.0. The zero-order valence-electron chi connectivity index (χ0n) is 23.2. The summed E-state index contributed by atoms with van der Waals surface area (Å²) in [5, 5.41) is 6.91. The van der Waals surface area contributed by atoms with Crippen molar-refractivity contribution in [2.75, 3.05) is 25.9 Å². The summed E-state index contributed by atoms with van der Waals surface area (Å²) in [6.45, 7) is 2.63. The molecule has 2 fully saturated rings. The highest BCUT2D eigenvalue weighted by atomic mass is 79.9. The SMILES string of the molecule is CS(=O)(=O)N[C@H](CCC1CCNCC1)C(=O)N1C[C@H](OCc2ccc(Cl)cc2)C[C@@H]1C(=O)NCc1cccc(Br)c1. The fourth-order valence-corrected chi connectivity index (χ4v) is 6.73. The minimum atomic E-state index is -3.66. The summed E-state index contributed by atoms with van der Waals surface area (Å²) in [5.74, 6) is -0.275. The number of ether oxygens (including phenoxy) is 1. The van der Waals surface area contributed by atoms with Crippen molar-refractivity contribution in [3.63, 3.8) is 0 Å². The molecular weight excluding hydrogens is 632 g/mol. The van der Waals surface area contributed by atoms with Crippen LogP contribution >= 0.6 is 27.5 Å². The van der Waals surface area contributed by atoms with Crippen LogP contribution in [0.25, 0.3) is 0 Å². The summed E-state index contributed by atoms with van der Waals surface area (Å²) < 4.78 is 34.1. The number of hydrogen-bond donors (Lipinski definition) is 3. The molecule has 2 amide bonds. The second kappa shape index (κ2) is 14.9. The Balaban J connectivity index is 1.48. The summed E-state index contributed by atoms with van der Waals surface area (Å²) in [6.07, 6.45) is 4.06. The second-order valence-electron chi connectivity index (χ2n) is 10.9. The van der Waals surface area contributed by atoms with Gasteiger partial charge in [-0.25, -0.2) is 13.1 Å². The molecule has 0 bridgehead atoms. The van der Waals surface area contributed by atoms with E-state index in [1.54, 1.807) is 12.1 Å². The first-order chi connectivity index (χ1) is 19.6. The van der Waals surface area contributed by atoms with Crippen molar-refractivity contribution in [1.29, 1.82) is 0 Å². The van der Waals surface area contributed by atoms with Gasteiger partial charge >= 0.3 is 0 Å². The van der Waals surface area contributed by atoms with Gasteiger partial charge in [-0.15, -0.1) is 0 Å². The molecule has 0 saturated carbocycles. The average molecular weight is 670 g/mol. The predicted octanol–water partition coefficient (Wildman–Crippen LogP) is 3.60. The molecule has 9 nitrogen and oxygen atoms in total. The van der Waals surface area contributed by atoms with E-state index in [2.05, 4.69) is 31.3 Å². The van der Waals surface area contributed by atoms with Crippen LogP contribution in [0, 0.1) is 5.92 Å². The highest BCUT2D eigenvalue weighted by Gasteiger charge is 2.42. The monoisotopic (exact) mass is 668 g/mol. The first kappa shape index (κ1) is 31.9. The molecule has 0 unspecified atom stereocenters. The lowest BCUT2D eigenvalue weighted by Gasteiger charge is -2.30. The van der Waals surface area contributed by atoms with Crippen molar-refractivity contribution < 1.29 is 22.7 Å². The van der Waals surface area contributed by atoms with Gasteiger partial charge in [0, 0.05) is 29.0 Å². The van der Waals surface area contributed by atoms with Crippen molar-refractivity contribution in [1.82, 2.24) is 20.3 Å². The van der Waals surface area contributed by atoms with Crippen LogP contribution in [0.3, 0.4) is 0 Å². The molecule has 0 radical (unpaired) electrons. The molecule has 2 aliphatic heterocycles. The lowest BCUT2D eigenvalue weighted by atomic mass is 9.91. The van der Waals surface area contributed by atoms with E-state index >= 15 is 0 Å². The Labute approximate surface area is 255 Å². The summed E-state index contributed by atoms with van der Waals surface area (Å²) in [5.41, 5.74) is 1.84. The third-order valence-electron chi connectivity index (χ3n) is 7.58. The zero-order chi connectivity index (χ0) is 29.4. The van der Waals surface area contributed by atoms with Crippen LogP contribution in [0.4, 0.5) is 0 Å². The quantitative estimate of drug-likeness (QED) is 0.318. The normalized spacial score (nSPS) is 20.6. The van der Waals surface area contributed by atoms with Gasteiger partial charge in [-0.1, -0.05) is 51.8 Å². The van der Waals surface area contributed by atoms with Crippen LogP contribution in [-0.4, -0.2) is 69.2 Å². The molecule has 2 aliphatic rings. The maximum atomic E-state index is 13.9. The largest absolute Gasteiger partial charge is 0.372 e. The van der Waals surface area contributed by atoms with Gasteiger partial charge < -0.3 is 20.3 Å². The molecule has 224 valence electrons. The van der Waals surface area contributed by atoms with Crippen LogP contribution < -0.4 is 15.4 Å². The Hall–Kier alpha value is -2.02. The topological polar surface area (TPSA) is 117 Å². The molecule has 2 aromatic carbocycles. The number of rotatable bonds is 12. The molecule has 4 rings (SSSR count). The van der Waals surface area contributed by atoms with Gasteiger partial charge in [-0.2, -0.15) is 0 Å². The molecule has 41 heavy (non-hydrogen) atoms. The van der Waals surface area contributed by atoms with Gasteiger partial charge in [0.15, 0.2) is 0 Å². The van der Waals surface area contributed by atoms with Gasteiger partial charge in [-0.3, -0.25) is 9.59 Å². The standard InChI is InChI=1S/C29H38BrClN4O5S/c1-41(38,39)34-26(10-7-20-11-13-32-14-12-20)29(37)35-18-25(40-19-21-5-8-24(31)9-6-21)16-27(35)28(36)33-17-22-3-2-4-23(30)15-22/h2-6,8-9,15,20,25-27,32,34H,7,10-14,16-19H2,1H3,(H,33,36)/t25-,26-,27-/m1/s1. The Morgan fingerprint density at radius 1 is 1.15 bits per heavy atom. The molecule has 0 spiro atoms. The van der Waals surface area contributed by atoms with Gasteiger partial charge in [-0.05, 0) is 80.1 Å². The van der Waals surface area contributed by atoms with E-state index in [9.17, 15) is 18.0 Å². The Bertz CT molecular complexity index is 1290.